The van der Waals surface area contributed by atoms with Crippen LogP contribution in [0.15, 0.2) is 18.2 Å². The van der Waals surface area contributed by atoms with Gasteiger partial charge in [-0.2, -0.15) is 0 Å². The molecule has 0 saturated heterocycles. The molecule has 0 amide bonds. The molecule has 0 spiro atoms. The Morgan fingerprint density at radius 3 is 2.63 bits per heavy atom. The predicted molar refractivity (Wildman–Crippen MR) is 82.1 cm³/mol. The highest BCUT2D eigenvalue weighted by Crippen LogP contribution is 2.26. The molecule has 108 valence electrons. The Kier molecular flexibility index (Phi) is 7.11. The summed E-state index contributed by atoms with van der Waals surface area (Å²) in [5.41, 5.74) is 0.668. The second-order valence-corrected chi connectivity index (χ2v) is 5.93. The van der Waals surface area contributed by atoms with Crippen LogP contribution in [0.5, 0.6) is 0 Å². The maximum atomic E-state index is 10.1. The molecule has 1 rings (SSSR count). The van der Waals surface area contributed by atoms with E-state index in [1.807, 2.05) is 14.1 Å². The number of rotatable bonds is 7. The Morgan fingerprint density at radius 2 is 2.00 bits per heavy atom. The summed E-state index contributed by atoms with van der Waals surface area (Å²) in [6, 6.07) is 5.47. The largest absolute Gasteiger partial charge is 0.387 e. The zero-order chi connectivity index (χ0) is 14.4. The molecule has 0 fully saturated rings. The molecule has 19 heavy (non-hydrogen) atoms. The van der Waals surface area contributed by atoms with Crippen molar-refractivity contribution < 1.29 is 5.11 Å². The van der Waals surface area contributed by atoms with Crippen LogP contribution in [0.25, 0.3) is 0 Å². The van der Waals surface area contributed by atoms with Gasteiger partial charge in [-0.3, -0.25) is 0 Å². The summed E-state index contributed by atoms with van der Waals surface area (Å²) in [4.78, 5) is 2.14. The first-order chi connectivity index (χ1) is 8.90. The van der Waals surface area contributed by atoms with E-state index < -0.39 is 6.10 Å². The number of hydrogen-bond acceptors (Lipinski definition) is 3. The fourth-order valence-electron chi connectivity index (χ4n) is 1.75. The summed E-state index contributed by atoms with van der Waals surface area (Å²) < 4.78 is 0. The molecule has 0 saturated carbocycles. The number of aliphatic hydroxyl groups is 1. The highest BCUT2D eigenvalue weighted by Gasteiger charge is 2.13. The summed E-state index contributed by atoms with van der Waals surface area (Å²) in [5, 5.41) is 14.6. The minimum atomic E-state index is -0.645. The highest BCUT2D eigenvalue weighted by molar-refractivity contribution is 6.33. The van der Waals surface area contributed by atoms with Crippen molar-refractivity contribution in [3.05, 3.63) is 33.8 Å². The van der Waals surface area contributed by atoms with Crippen molar-refractivity contribution in [1.29, 1.82) is 0 Å². The number of aliphatic hydroxyl groups excluding tert-OH is 1. The third kappa shape index (κ3) is 6.11. The molecule has 3 nitrogen and oxygen atoms in total. The van der Waals surface area contributed by atoms with E-state index in [2.05, 4.69) is 17.1 Å². The normalized spacial score (nSPS) is 14.7. The molecule has 0 aliphatic carbocycles. The van der Waals surface area contributed by atoms with Gasteiger partial charge >= 0.3 is 0 Å². The quantitative estimate of drug-likeness (QED) is 0.813. The number of benzene rings is 1. The lowest BCUT2D eigenvalue weighted by molar-refractivity contribution is 0.169. The van der Waals surface area contributed by atoms with Crippen molar-refractivity contribution >= 4 is 23.2 Å². The maximum absolute atomic E-state index is 10.1. The zero-order valence-electron chi connectivity index (χ0n) is 11.7. The topological polar surface area (TPSA) is 35.5 Å². The minimum absolute atomic E-state index is 0.343. The van der Waals surface area contributed by atoms with Gasteiger partial charge in [0.25, 0.3) is 0 Å². The van der Waals surface area contributed by atoms with Crippen LogP contribution in [0, 0.1) is 0 Å². The molecule has 0 aliphatic rings. The number of nitrogens with one attached hydrogen (secondary N) is 1. The van der Waals surface area contributed by atoms with Crippen molar-refractivity contribution in [2.45, 2.75) is 25.5 Å². The molecule has 1 aromatic rings. The van der Waals surface area contributed by atoms with Crippen LogP contribution >= 0.6 is 23.2 Å². The first-order valence-corrected chi connectivity index (χ1v) is 7.17. The maximum Gasteiger partial charge on any atom is 0.0929 e. The predicted octanol–water partition coefficient (Wildman–Crippen LogP) is 2.96. The average Bonchev–Trinajstić information content (AvgIpc) is 2.36. The SMILES string of the molecule is CC(CCN(C)C)NCC(O)c1cc(Cl)ccc1Cl. The van der Waals surface area contributed by atoms with Crippen molar-refractivity contribution in [3.8, 4) is 0 Å². The van der Waals surface area contributed by atoms with Crippen LogP contribution in [0.1, 0.15) is 25.0 Å². The molecular weight excluding hydrogens is 283 g/mol. The lowest BCUT2D eigenvalue weighted by atomic mass is 10.1. The molecule has 0 aliphatic heterocycles. The molecule has 5 heteroatoms. The zero-order valence-corrected chi connectivity index (χ0v) is 13.2. The number of halogens is 2. The average molecular weight is 305 g/mol. The van der Waals surface area contributed by atoms with E-state index in [1.54, 1.807) is 18.2 Å². The summed E-state index contributed by atoms with van der Waals surface area (Å²) in [6.45, 7) is 3.59. The van der Waals surface area contributed by atoms with Gasteiger partial charge in [-0.1, -0.05) is 23.2 Å². The van der Waals surface area contributed by atoms with E-state index in [0.29, 0.717) is 28.2 Å². The Hall–Kier alpha value is -0.320. The first-order valence-electron chi connectivity index (χ1n) is 6.41. The van der Waals surface area contributed by atoms with Gasteiger partial charge in [-0.05, 0) is 52.2 Å². The lowest BCUT2D eigenvalue weighted by Gasteiger charge is -2.19. The van der Waals surface area contributed by atoms with Crippen LogP contribution in [0.2, 0.25) is 10.0 Å². The fourth-order valence-corrected chi connectivity index (χ4v) is 2.17. The van der Waals surface area contributed by atoms with Gasteiger partial charge < -0.3 is 15.3 Å². The van der Waals surface area contributed by atoms with Gasteiger partial charge in [0.05, 0.1) is 6.10 Å². The van der Waals surface area contributed by atoms with Crippen molar-refractivity contribution in [1.82, 2.24) is 10.2 Å². The van der Waals surface area contributed by atoms with Gasteiger partial charge in [0.2, 0.25) is 0 Å². The van der Waals surface area contributed by atoms with Gasteiger partial charge in [-0.15, -0.1) is 0 Å². The summed E-state index contributed by atoms with van der Waals surface area (Å²) >= 11 is 12.0. The van der Waals surface area contributed by atoms with Crippen molar-refractivity contribution in [2.24, 2.45) is 0 Å². The standard InChI is InChI=1S/C14H22Cl2N2O/c1-10(6-7-18(2)3)17-9-14(19)12-8-11(15)4-5-13(12)16/h4-5,8,10,14,17,19H,6-7,9H2,1-3H3. The second-order valence-electron chi connectivity index (χ2n) is 5.08. The molecule has 0 aromatic heterocycles. The van der Waals surface area contributed by atoms with Crippen molar-refractivity contribution in [2.75, 3.05) is 27.2 Å². The number of hydrogen-bond donors (Lipinski definition) is 2. The Morgan fingerprint density at radius 1 is 1.32 bits per heavy atom. The van der Waals surface area contributed by atoms with E-state index >= 15 is 0 Å². The molecule has 1 aromatic carbocycles. The summed E-state index contributed by atoms with van der Waals surface area (Å²) in [6.07, 6.45) is 0.385. The Balaban J connectivity index is 2.46. The lowest BCUT2D eigenvalue weighted by Crippen LogP contribution is -2.33. The molecule has 2 unspecified atom stereocenters. The van der Waals surface area contributed by atoms with Gasteiger partial charge in [0.1, 0.15) is 0 Å². The van der Waals surface area contributed by atoms with Crippen LogP contribution in [0.4, 0.5) is 0 Å². The van der Waals surface area contributed by atoms with Gasteiger partial charge in [0.15, 0.2) is 0 Å². The van der Waals surface area contributed by atoms with Crippen LogP contribution < -0.4 is 5.32 Å². The molecule has 2 atom stereocenters. The van der Waals surface area contributed by atoms with E-state index in [1.165, 1.54) is 0 Å². The summed E-state index contributed by atoms with van der Waals surface area (Å²) in [7, 11) is 4.10. The van der Waals surface area contributed by atoms with Crippen LogP contribution in [-0.4, -0.2) is 43.2 Å². The van der Waals surface area contributed by atoms with Crippen LogP contribution in [0.3, 0.4) is 0 Å². The van der Waals surface area contributed by atoms with Gasteiger partial charge in [-0.25, -0.2) is 0 Å². The second kappa shape index (κ2) is 8.08. The smallest absolute Gasteiger partial charge is 0.0929 e. The third-order valence-corrected chi connectivity index (χ3v) is 3.57. The number of nitrogens with zero attached hydrogens (tertiary/aromatic N) is 1. The summed E-state index contributed by atoms with van der Waals surface area (Å²) in [5.74, 6) is 0. The Bertz CT molecular complexity index is 399. The highest BCUT2D eigenvalue weighted by atomic mass is 35.5. The van der Waals surface area contributed by atoms with E-state index in [0.717, 1.165) is 13.0 Å². The van der Waals surface area contributed by atoms with Crippen molar-refractivity contribution in [3.63, 3.8) is 0 Å². The van der Waals surface area contributed by atoms with E-state index in [9.17, 15) is 5.11 Å². The first kappa shape index (κ1) is 16.7. The Labute approximate surface area is 125 Å². The monoisotopic (exact) mass is 304 g/mol. The minimum Gasteiger partial charge on any atom is -0.387 e. The molecule has 2 N–H and O–H groups in total. The molecule has 0 bridgehead atoms. The fraction of sp³-hybridized carbons (Fsp3) is 0.571. The van der Waals surface area contributed by atoms with Crippen LogP contribution in [-0.2, 0) is 0 Å². The van der Waals surface area contributed by atoms with Gasteiger partial charge in [0, 0.05) is 28.2 Å². The molecule has 0 heterocycles. The third-order valence-electron chi connectivity index (χ3n) is 2.99. The van der Waals surface area contributed by atoms with E-state index in [-0.39, 0.29) is 0 Å². The molecular formula is C14H22Cl2N2O. The molecule has 0 radical (unpaired) electrons. The van der Waals surface area contributed by atoms with E-state index in [4.69, 9.17) is 23.2 Å².